The molecule has 0 saturated carbocycles. The predicted molar refractivity (Wildman–Crippen MR) is 108 cm³/mol. The van der Waals surface area contributed by atoms with Gasteiger partial charge in [0.15, 0.2) is 17.5 Å². The van der Waals surface area contributed by atoms with E-state index < -0.39 is 17.4 Å². The van der Waals surface area contributed by atoms with E-state index in [1.165, 1.54) is 23.5 Å². The van der Waals surface area contributed by atoms with Gasteiger partial charge in [-0.3, -0.25) is 25.0 Å². The van der Waals surface area contributed by atoms with E-state index >= 15 is 0 Å². The van der Waals surface area contributed by atoms with E-state index in [0.717, 1.165) is 0 Å². The maximum Gasteiger partial charge on any atom is 0.311 e. The molecule has 29 heavy (non-hydrogen) atoms. The smallest absolute Gasteiger partial charge is 0.311 e. The molecule has 0 aliphatic carbocycles. The fraction of sp³-hybridized carbons (Fsp3) is 0.105. The van der Waals surface area contributed by atoms with Crippen LogP contribution >= 0.6 is 11.3 Å². The van der Waals surface area contributed by atoms with Gasteiger partial charge in [-0.1, -0.05) is 6.07 Å². The van der Waals surface area contributed by atoms with Crippen molar-refractivity contribution in [3.05, 3.63) is 75.3 Å². The summed E-state index contributed by atoms with van der Waals surface area (Å²) in [7, 11) is 0. The van der Waals surface area contributed by atoms with Crippen LogP contribution in [0.25, 0.3) is 0 Å². The van der Waals surface area contributed by atoms with Crippen LogP contribution in [0, 0.1) is 17.0 Å². The molecule has 148 valence electrons. The summed E-state index contributed by atoms with van der Waals surface area (Å²) in [4.78, 5) is 38.7. The molecule has 1 aromatic heterocycles. The molecule has 2 N–H and O–H groups in total. The highest BCUT2D eigenvalue weighted by molar-refractivity contribution is 7.13. The van der Waals surface area contributed by atoms with Gasteiger partial charge in [0.1, 0.15) is 0 Å². The molecule has 10 heteroatoms. The number of carbonyl (C=O) groups excluding carboxylic acids is 2. The summed E-state index contributed by atoms with van der Waals surface area (Å²) in [5.41, 5.74) is 1.38. The molecule has 2 aromatic carbocycles. The van der Waals surface area contributed by atoms with E-state index in [1.807, 2.05) is 0 Å². The number of amides is 2. The molecule has 3 aromatic rings. The molecule has 9 nitrogen and oxygen atoms in total. The summed E-state index contributed by atoms with van der Waals surface area (Å²) in [6, 6.07) is 10.8. The Morgan fingerprint density at radius 2 is 1.93 bits per heavy atom. The second kappa shape index (κ2) is 8.93. The van der Waals surface area contributed by atoms with E-state index in [-0.39, 0.29) is 17.3 Å². The Labute approximate surface area is 169 Å². The summed E-state index contributed by atoms with van der Waals surface area (Å²) in [6.45, 7) is 1.33. The normalized spacial score (nSPS) is 10.2. The van der Waals surface area contributed by atoms with Crippen LogP contribution in [0.4, 0.5) is 16.5 Å². The van der Waals surface area contributed by atoms with Gasteiger partial charge in [0.25, 0.3) is 11.8 Å². The third kappa shape index (κ3) is 5.36. The van der Waals surface area contributed by atoms with Crippen molar-refractivity contribution in [3.8, 4) is 5.75 Å². The third-order valence-corrected chi connectivity index (χ3v) is 4.44. The van der Waals surface area contributed by atoms with Gasteiger partial charge in [0, 0.05) is 28.9 Å². The lowest BCUT2D eigenvalue weighted by atomic mass is 10.2. The van der Waals surface area contributed by atoms with Crippen molar-refractivity contribution in [1.82, 2.24) is 4.98 Å². The molecular formula is C19H16N4O5S. The van der Waals surface area contributed by atoms with Crippen LogP contribution in [-0.2, 0) is 4.79 Å². The minimum absolute atomic E-state index is 0.0185. The Bertz CT molecular complexity index is 1040. The predicted octanol–water partition coefficient (Wildman–Crippen LogP) is 3.63. The fourth-order valence-electron chi connectivity index (χ4n) is 2.39. The largest absolute Gasteiger partial charge is 0.477 e. The first kappa shape index (κ1) is 20.0. The molecule has 1 heterocycles. The van der Waals surface area contributed by atoms with Crippen LogP contribution in [0.15, 0.2) is 54.0 Å². The Balaban J connectivity index is 1.56. The van der Waals surface area contributed by atoms with Crippen LogP contribution in [-0.4, -0.2) is 28.3 Å². The quantitative estimate of drug-likeness (QED) is 0.451. The molecule has 0 fully saturated rings. The van der Waals surface area contributed by atoms with Gasteiger partial charge in [-0.05, 0) is 42.8 Å². The van der Waals surface area contributed by atoms with Crippen LogP contribution < -0.4 is 15.4 Å². The number of hydrogen-bond acceptors (Lipinski definition) is 7. The molecule has 2 amide bonds. The molecule has 0 aliphatic rings. The minimum Gasteiger partial charge on any atom is -0.477 e. The SMILES string of the molecule is Cc1ccc(OCC(=O)Nc2ccc(C(=O)Nc3nccs3)cc2)c([N+](=O)[O-])c1. The van der Waals surface area contributed by atoms with Crippen molar-refractivity contribution in [2.45, 2.75) is 6.92 Å². The summed E-state index contributed by atoms with van der Waals surface area (Å²) < 4.78 is 5.28. The summed E-state index contributed by atoms with van der Waals surface area (Å²) in [5.74, 6) is -0.780. The lowest BCUT2D eigenvalue weighted by Gasteiger charge is -2.09. The van der Waals surface area contributed by atoms with Gasteiger partial charge in [-0.15, -0.1) is 11.3 Å². The van der Waals surface area contributed by atoms with Crippen molar-refractivity contribution in [1.29, 1.82) is 0 Å². The van der Waals surface area contributed by atoms with Crippen LogP contribution in [0.5, 0.6) is 5.75 Å². The van der Waals surface area contributed by atoms with Gasteiger partial charge in [-0.25, -0.2) is 4.98 Å². The number of nitro benzene ring substituents is 1. The maximum absolute atomic E-state index is 12.1. The van der Waals surface area contributed by atoms with Gasteiger partial charge < -0.3 is 10.1 Å². The minimum atomic E-state index is -0.560. The number of rotatable bonds is 7. The number of nitrogens with one attached hydrogen (secondary N) is 2. The van der Waals surface area contributed by atoms with E-state index in [9.17, 15) is 19.7 Å². The number of nitrogens with zero attached hydrogens (tertiary/aromatic N) is 2. The molecule has 0 saturated heterocycles. The Kier molecular flexibility index (Phi) is 6.15. The Hall–Kier alpha value is -3.79. The second-order valence-corrected chi connectivity index (χ2v) is 6.83. The molecule has 0 aliphatic heterocycles. The van der Waals surface area contributed by atoms with Crippen molar-refractivity contribution < 1.29 is 19.2 Å². The number of anilines is 2. The number of aromatic nitrogens is 1. The zero-order valence-corrected chi connectivity index (χ0v) is 16.1. The number of thiazole rings is 1. The highest BCUT2D eigenvalue weighted by Gasteiger charge is 2.16. The zero-order valence-electron chi connectivity index (χ0n) is 15.2. The number of nitro groups is 1. The van der Waals surface area contributed by atoms with E-state index in [2.05, 4.69) is 15.6 Å². The van der Waals surface area contributed by atoms with Crippen molar-refractivity contribution >= 4 is 39.7 Å². The van der Waals surface area contributed by atoms with Crippen molar-refractivity contribution in [2.24, 2.45) is 0 Å². The lowest BCUT2D eigenvalue weighted by molar-refractivity contribution is -0.385. The number of aryl methyl sites for hydroxylation is 1. The summed E-state index contributed by atoms with van der Waals surface area (Å²) in [6.07, 6.45) is 1.59. The Morgan fingerprint density at radius 1 is 1.17 bits per heavy atom. The topological polar surface area (TPSA) is 123 Å². The first-order valence-electron chi connectivity index (χ1n) is 8.41. The van der Waals surface area contributed by atoms with Gasteiger partial charge >= 0.3 is 5.69 Å². The molecule has 0 atom stereocenters. The highest BCUT2D eigenvalue weighted by atomic mass is 32.1. The number of benzene rings is 2. The monoisotopic (exact) mass is 412 g/mol. The van der Waals surface area contributed by atoms with Crippen LogP contribution in [0.1, 0.15) is 15.9 Å². The third-order valence-electron chi connectivity index (χ3n) is 3.75. The van der Waals surface area contributed by atoms with Crippen LogP contribution in [0.3, 0.4) is 0 Å². The summed E-state index contributed by atoms with van der Waals surface area (Å²) >= 11 is 1.31. The van der Waals surface area contributed by atoms with Crippen molar-refractivity contribution in [3.63, 3.8) is 0 Å². The maximum atomic E-state index is 12.1. The number of hydrogen-bond donors (Lipinski definition) is 2. The number of carbonyl (C=O) groups is 2. The van der Waals surface area contributed by atoms with Gasteiger partial charge in [-0.2, -0.15) is 0 Å². The van der Waals surface area contributed by atoms with E-state index in [0.29, 0.717) is 21.9 Å². The molecule has 0 radical (unpaired) electrons. The Morgan fingerprint density at radius 3 is 2.59 bits per heavy atom. The average molecular weight is 412 g/mol. The molecule has 3 rings (SSSR count). The first-order chi connectivity index (χ1) is 13.9. The van der Waals surface area contributed by atoms with Gasteiger partial charge in [0.2, 0.25) is 0 Å². The lowest BCUT2D eigenvalue weighted by Crippen LogP contribution is -2.20. The first-order valence-corrected chi connectivity index (χ1v) is 9.29. The molecule has 0 bridgehead atoms. The molecular weight excluding hydrogens is 396 g/mol. The zero-order chi connectivity index (χ0) is 20.8. The van der Waals surface area contributed by atoms with E-state index in [4.69, 9.17) is 4.74 Å². The second-order valence-electron chi connectivity index (χ2n) is 5.93. The average Bonchev–Trinajstić information content (AvgIpc) is 3.20. The summed E-state index contributed by atoms with van der Waals surface area (Å²) in [5, 5.41) is 18.6. The number of ether oxygens (including phenoxy) is 1. The standard InChI is InChI=1S/C19H16N4O5S/c1-12-2-7-16(15(10-12)23(26)27)28-11-17(24)21-14-5-3-13(4-6-14)18(25)22-19-20-8-9-29-19/h2-10H,11H2,1H3,(H,21,24)(H,20,22,25). The van der Waals surface area contributed by atoms with Crippen molar-refractivity contribution in [2.75, 3.05) is 17.2 Å². The van der Waals surface area contributed by atoms with E-state index in [1.54, 1.807) is 48.8 Å². The van der Waals surface area contributed by atoms with Gasteiger partial charge in [0.05, 0.1) is 4.92 Å². The highest BCUT2D eigenvalue weighted by Crippen LogP contribution is 2.27. The molecule has 0 unspecified atom stereocenters. The van der Waals surface area contributed by atoms with Crippen LogP contribution in [0.2, 0.25) is 0 Å². The fourth-order valence-corrected chi connectivity index (χ4v) is 2.92. The molecule has 0 spiro atoms.